The van der Waals surface area contributed by atoms with E-state index in [1.807, 2.05) is 30.5 Å². The van der Waals surface area contributed by atoms with Gasteiger partial charge >= 0.3 is 0 Å². The number of fused-ring (bicyclic) bond motifs is 1. The molecule has 1 aromatic carbocycles. The van der Waals surface area contributed by atoms with E-state index in [4.69, 9.17) is 13.9 Å². The zero-order valence-corrected chi connectivity index (χ0v) is 15.4. The number of thioether (sulfide) groups is 1. The lowest BCUT2D eigenvalue weighted by Crippen LogP contribution is -2.27. The van der Waals surface area contributed by atoms with Gasteiger partial charge in [0, 0.05) is 10.4 Å². The van der Waals surface area contributed by atoms with E-state index in [1.165, 1.54) is 11.8 Å². The van der Waals surface area contributed by atoms with Crippen LogP contribution in [0.2, 0.25) is 0 Å². The number of rotatable bonds is 6. The zero-order valence-electron chi connectivity index (χ0n) is 13.8. The number of benzene rings is 1. The molecule has 0 radical (unpaired) electrons. The highest BCUT2D eigenvalue weighted by molar-refractivity contribution is 7.99. The van der Waals surface area contributed by atoms with Gasteiger partial charge in [-0.1, -0.05) is 17.8 Å². The average Bonchev–Trinajstić information content (AvgIpc) is 3.40. The monoisotopic (exact) mass is 389 g/mol. The number of hydrogen-bond donors (Lipinski definition) is 1. The summed E-state index contributed by atoms with van der Waals surface area (Å²) in [5, 5.41) is 13.3. The average molecular weight is 389 g/mol. The number of carbonyl (C=O) groups excluding carboxylic acids is 1. The predicted octanol–water partition coefficient (Wildman–Crippen LogP) is 3.50. The number of amides is 1. The van der Waals surface area contributed by atoms with E-state index in [2.05, 4.69) is 15.5 Å². The number of thiophene rings is 1. The highest BCUT2D eigenvalue weighted by Crippen LogP contribution is 2.36. The summed E-state index contributed by atoms with van der Waals surface area (Å²) in [6, 6.07) is 9.36. The van der Waals surface area contributed by atoms with Crippen molar-refractivity contribution in [2.24, 2.45) is 0 Å². The quantitative estimate of drug-likeness (QED) is 0.646. The van der Waals surface area contributed by atoms with Crippen LogP contribution in [0.4, 0.5) is 0 Å². The molecule has 4 rings (SSSR count). The molecule has 0 aliphatic carbocycles. The third-order valence-corrected chi connectivity index (χ3v) is 5.57. The van der Waals surface area contributed by atoms with Gasteiger partial charge < -0.3 is 19.2 Å². The van der Waals surface area contributed by atoms with Gasteiger partial charge in [0.2, 0.25) is 18.6 Å². The molecule has 1 amide bonds. The summed E-state index contributed by atoms with van der Waals surface area (Å²) in [6.45, 7) is 2.17. The van der Waals surface area contributed by atoms with Crippen molar-refractivity contribution in [2.45, 2.75) is 18.2 Å². The third kappa shape index (κ3) is 3.68. The molecule has 3 aromatic rings. The van der Waals surface area contributed by atoms with Crippen LogP contribution < -0.4 is 14.8 Å². The van der Waals surface area contributed by atoms with Crippen LogP contribution in [-0.2, 0) is 4.79 Å². The normalized spacial score (nSPS) is 13.6. The van der Waals surface area contributed by atoms with Crippen molar-refractivity contribution in [3.63, 3.8) is 0 Å². The molecule has 0 unspecified atom stereocenters. The maximum atomic E-state index is 12.1. The van der Waals surface area contributed by atoms with Crippen molar-refractivity contribution >= 4 is 29.0 Å². The van der Waals surface area contributed by atoms with Crippen molar-refractivity contribution in [3.8, 4) is 23.0 Å². The molecule has 26 heavy (non-hydrogen) atoms. The third-order valence-electron chi connectivity index (χ3n) is 3.70. The Kier molecular flexibility index (Phi) is 4.81. The second kappa shape index (κ2) is 7.38. The highest BCUT2D eigenvalue weighted by atomic mass is 32.2. The fourth-order valence-electron chi connectivity index (χ4n) is 2.43. The van der Waals surface area contributed by atoms with Gasteiger partial charge in [0.25, 0.3) is 5.22 Å². The van der Waals surface area contributed by atoms with E-state index >= 15 is 0 Å². The standard InChI is InChI=1S/C17H15N3O4S2/c1-10(14-3-2-6-25-14)18-15(21)8-26-17-20-19-16(24-17)11-4-5-12-13(7-11)23-9-22-12/h2-7,10H,8-9H2,1H3,(H,18,21)/t10-/m0/s1. The number of hydrogen-bond acceptors (Lipinski definition) is 8. The van der Waals surface area contributed by atoms with Gasteiger partial charge in [-0.2, -0.15) is 0 Å². The van der Waals surface area contributed by atoms with Gasteiger partial charge in [-0.3, -0.25) is 4.79 Å². The molecule has 0 saturated heterocycles. The first-order valence-electron chi connectivity index (χ1n) is 7.88. The Morgan fingerprint density at radius 1 is 1.31 bits per heavy atom. The lowest BCUT2D eigenvalue weighted by Gasteiger charge is -2.11. The van der Waals surface area contributed by atoms with E-state index in [9.17, 15) is 4.79 Å². The molecule has 0 bridgehead atoms. The smallest absolute Gasteiger partial charge is 0.277 e. The summed E-state index contributed by atoms with van der Waals surface area (Å²) >= 11 is 2.82. The van der Waals surface area contributed by atoms with E-state index in [-0.39, 0.29) is 24.5 Å². The summed E-state index contributed by atoms with van der Waals surface area (Å²) in [4.78, 5) is 13.2. The van der Waals surface area contributed by atoms with Crippen LogP contribution in [0.1, 0.15) is 17.8 Å². The topological polar surface area (TPSA) is 86.5 Å². The predicted molar refractivity (Wildman–Crippen MR) is 97.5 cm³/mol. The molecule has 7 nitrogen and oxygen atoms in total. The van der Waals surface area contributed by atoms with E-state index < -0.39 is 0 Å². The van der Waals surface area contributed by atoms with Crippen molar-refractivity contribution in [1.82, 2.24) is 15.5 Å². The molecule has 0 saturated carbocycles. The first-order chi connectivity index (χ1) is 12.7. The van der Waals surface area contributed by atoms with Crippen LogP contribution in [0.15, 0.2) is 45.4 Å². The summed E-state index contributed by atoms with van der Waals surface area (Å²) in [7, 11) is 0. The summed E-state index contributed by atoms with van der Waals surface area (Å²) in [5.41, 5.74) is 0.740. The molecular weight excluding hydrogens is 374 g/mol. The number of ether oxygens (including phenoxy) is 2. The summed E-state index contributed by atoms with van der Waals surface area (Å²) in [6.07, 6.45) is 0. The van der Waals surface area contributed by atoms with Crippen molar-refractivity contribution in [1.29, 1.82) is 0 Å². The Bertz CT molecular complexity index is 911. The Hall–Kier alpha value is -2.52. The molecule has 0 fully saturated rings. The van der Waals surface area contributed by atoms with Crippen LogP contribution in [0, 0.1) is 0 Å². The van der Waals surface area contributed by atoms with Crippen LogP contribution in [0.5, 0.6) is 11.5 Å². The molecule has 134 valence electrons. The van der Waals surface area contributed by atoms with Gasteiger partial charge in [-0.05, 0) is 36.6 Å². The fraction of sp³-hybridized carbons (Fsp3) is 0.235. The summed E-state index contributed by atoms with van der Waals surface area (Å²) in [5.74, 6) is 1.84. The molecule has 1 aliphatic heterocycles. The second-order valence-electron chi connectivity index (χ2n) is 5.53. The molecule has 9 heteroatoms. The van der Waals surface area contributed by atoms with Crippen molar-refractivity contribution in [3.05, 3.63) is 40.6 Å². The van der Waals surface area contributed by atoms with Gasteiger partial charge in [0.15, 0.2) is 11.5 Å². The maximum Gasteiger partial charge on any atom is 0.277 e. The van der Waals surface area contributed by atoms with Crippen molar-refractivity contribution < 1.29 is 18.7 Å². The molecule has 1 atom stereocenters. The van der Waals surface area contributed by atoms with Crippen LogP contribution in [0.3, 0.4) is 0 Å². The Balaban J connectivity index is 1.34. The van der Waals surface area contributed by atoms with Crippen molar-refractivity contribution in [2.75, 3.05) is 12.5 Å². The molecule has 2 aromatic heterocycles. The van der Waals surface area contributed by atoms with Gasteiger partial charge in [-0.25, -0.2) is 0 Å². The zero-order chi connectivity index (χ0) is 17.9. The minimum atomic E-state index is -0.0845. The van der Waals surface area contributed by atoms with Crippen LogP contribution >= 0.6 is 23.1 Å². The fourth-order valence-corrected chi connectivity index (χ4v) is 3.74. The Morgan fingerprint density at radius 2 is 2.19 bits per heavy atom. The Morgan fingerprint density at radius 3 is 3.04 bits per heavy atom. The van der Waals surface area contributed by atoms with Crippen LogP contribution in [-0.4, -0.2) is 28.7 Å². The van der Waals surface area contributed by atoms with Gasteiger partial charge in [0.05, 0.1) is 11.8 Å². The van der Waals surface area contributed by atoms with Gasteiger partial charge in [-0.15, -0.1) is 21.5 Å². The van der Waals surface area contributed by atoms with Crippen LogP contribution in [0.25, 0.3) is 11.5 Å². The lowest BCUT2D eigenvalue weighted by molar-refractivity contribution is -0.119. The Labute approximate surface area is 157 Å². The highest BCUT2D eigenvalue weighted by Gasteiger charge is 2.17. The lowest BCUT2D eigenvalue weighted by atomic mass is 10.2. The molecule has 3 heterocycles. The molecule has 1 N–H and O–H groups in total. The number of nitrogens with one attached hydrogen (secondary N) is 1. The minimum Gasteiger partial charge on any atom is -0.454 e. The SMILES string of the molecule is C[C@H](NC(=O)CSc1nnc(-c2ccc3c(c2)OCO3)o1)c1cccs1. The largest absolute Gasteiger partial charge is 0.454 e. The number of aromatic nitrogens is 2. The molecular formula is C17H15N3O4S2. The van der Waals surface area contributed by atoms with Gasteiger partial charge in [0.1, 0.15) is 0 Å². The number of carbonyl (C=O) groups is 1. The molecule has 1 aliphatic rings. The van der Waals surface area contributed by atoms with E-state index in [0.29, 0.717) is 22.6 Å². The molecule has 0 spiro atoms. The first kappa shape index (κ1) is 16.9. The number of nitrogens with zero attached hydrogens (tertiary/aromatic N) is 2. The summed E-state index contributed by atoms with van der Waals surface area (Å²) < 4.78 is 16.2. The maximum absolute atomic E-state index is 12.1. The second-order valence-corrected chi connectivity index (χ2v) is 7.44. The minimum absolute atomic E-state index is 0.0185. The van der Waals surface area contributed by atoms with E-state index in [1.54, 1.807) is 23.5 Å². The van der Waals surface area contributed by atoms with E-state index in [0.717, 1.165) is 10.4 Å². The first-order valence-corrected chi connectivity index (χ1v) is 9.74.